The highest BCUT2D eigenvalue weighted by Gasteiger charge is 2.29. The molecule has 2 aromatic rings. The first kappa shape index (κ1) is 12.7. The molecule has 18 heavy (non-hydrogen) atoms. The molecule has 0 aliphatic rings. The first-order valence-electron chi connectivity index (χ1n) is 6.05. The lowest BCUT2D eigenvalue weighted by Crippen LogP contribution is -2.34. The molecule has 2 N–H and O–H groups in total. The number of furan rings is 1. The van der Waals surface area contributed by atoms with Crippen LogP contribution in [0.5, 0.6) is 5.75 Å². The van der Waals surface area contributed by atoms with Crippen LogP contribution in [0.4, 0.5) is 0 Å². The maximum absolute atomic E-state index is 5.98. The van der Waals surface area contributed by atoms with Crippen molar-refractivity contribution in [1.82, 2.24) is 0 Å². The second kappa shape index (κ2) is 5.27. The number of para-hydroxylation sites is 1. The summed E-state index contributed by atoms with van der Waals surface area (Å²) in [5.41, 5.74) is 6.91. The van der Waals surface area contributed by atoms with Gasteiger partial charge in [0, 0.05) is 23.9 Å². The van der Waals surface area contributed by atoms with Gasteiger partial charge in [-0.3, -0.25) is 0 Å². The quantitative estimate of drug-likeness (QED) is 0.881. The van der Waals surface area contributed by atoms with Gasteiger partial charge in [-0.2, -0.15) is 0 Å². The summed E-state index contributed by atoms with van der Waals surface area (Å²) in [4.78, 5) is 0. The van der Waals surface area contributed by atoms with E-state index in [4.69, 9.17) is 14.9 Å². The Morgan fingerprint density at radius 2 is 2.00 bits per heavy atom. The number of nitrogens with two attached hydrogens (primary N) is 1. The topological polar surface area (TPSA) is 48.4 Å². The number of rotatable bonds is 5. The average molecular weight is 245 g/mol. The van der Waals surface area contributed by atoms with Crippen LogP contribution >= 0.6 is 0 Å². The Labute approximate surface area is 108 Å². The van der Waals surface area contributed by atoms with E-state index in [0.29, 0.717) is 6.54 Å². The lowest BCUT2D eigenvalue weighted by Gasteiger charge is -2.29. The zero-order valence-electron chi connectivity index (χ0n) is 10.8. The Kier molecular flexibility index (Phi) is 3.72. The van der Waals surface area contributed by atoms with E-state index in [9.17, 15) is 0 Å². The smallest absolute Gasteiger partial charge is 0.122 e. The van der Waals surface area contributed by atoms with Crippen molar-refractivity contribution in [2.75, 3.05) is 13.7 Å². The van der Waals surface area contributed by atoms with Crippen LogP contribution in [0.1, 0.15) is 18.2 Å². The minimum Gasteiger partial charge on any atom is -0.496 e. The summed E-state index contributed by atoms with van der Waals surface area (Å²) < 4.78 is 10.9. The maximum atomic E-state index is 5.98. The second-order valence-electron chi connectivity index (χ2n) is 4.72. The molecule has 1 unspecified atom stereocenters. The molecule has 0 spiro atoms. The molecule has 0 bridgehead atoms. The standard InChI is InChI=1S/C15H19NO2/c1-15(11-16,10-12-6-5-9-18-12)13-7-3-4-8-14(13)17-2/h3-9H,10-11,16H2,1-2H3. The Balaban J connectivity index is 2.36. The van der Waals surface area contributed by atoms with Crippen LogP contribution in [0, 0.1) is 0 Å². The van der Waals surface area contributed by atoms with Gasteiger partial charge in [-0.25, -0.2) is 0 Å². The number of hydrogen-bond donors (Lipinski definition) is 1. The molecule has 0 amide bonds. The van der Waals surface area contributed by atoms with E-state index in [0.717, 1.165) is 23.5 Å². The van der Waals surface area contributed by atoms with Crippen LogP contribution in [0.25, 0.3) is 0 Å². The highest BCUT2D eigenvalue weighted by Crippen LogP contribution is 2.33. The predicted octanol–water partition coefficient (Wildman–Crippen LogP) is 2.75. The molecule has 2 rings (SSSR count). The zero-order valence-corrected chi connectivity index (χ0v) is 10.8. The minimum atomic E-state index is -0.190. The highest BCUT2D eigenvalue weighted by molar-refractivity contribution is 5.40. The van der Waals surface area contributed by atoms with Crippen LogP contribution < -0.4 is 10.5 Å². The van der Waals surface area contributed by atoms with Gasteiger partial charge in [-0.05, 0) is 18.2 Å². The van der Waals surface area contributed by atoms with E-state index in [2.05, 4.69) is 13.0 Å². The summed E-state index contributed by atoms with van der Waals surface area (Å²) in [5, 5.41) is 0. The molecule has 3 heteroatoms. The molecule has 0 saturated heterocycles. The van der Waals surface area contributed by atoms with Crippen molar-refractivity contribution in [3.8, 4) is 5.75 Å². The van der Waals surface area contributed by atoms with E-state index in [-0.39, 0.29) is 5.41 Å². The van der Waals surface area contributed by atoms with Crippen molar-refractivity contribution in [1.29, 1.82) is 0 Å². The molecule has 1 heterocycles. The molecule has 1 aromatic heterocycles. The fraction of sp³-hybridized carbons (Fsp3) is 0.333. The number of methoxy groups -OCH3 is 1. The molecular formula is C15H19NO2. The van der Waals surface area contributed by atoms with Crippen LogP contribution in [0.2, 0.25) is 0 Å². The van der Waals surface area contributed by atoms with Crippen molar-refractivity contribution >= 4 is 0 Å². The van der Waals surface area contributed by atoms with Crippen LogP contribution in [-0.4, -0.2) is 13.7 Å². The highest BCUT2D eigenvalue weighted by atomic mass is 16.5. The summed E-state index contributed by atoms with van der Waals surface area (Å²) in [5.74, 6) is 1.81. The van der Waals surface area contributed by atoms with Gasteiger partial charge >= 0.3 is 0 Å². The van der Waals surface area contributed by atoms with Crippen LogP contribution in [0.15, 0.2) is 47.1 Å². The fourth-order valence-corrected chi connectivity index (χ4v) is 2.22. The van der Waals surface area contributed by atoms with Crippen LogP contribution in [0.3, 0.4) is 0 Å². The molecule has 0 fully saturated rings. The molecule has 1 atom stereocenters. The number of ether oxygens (including phenoxy) is 1. The molecule has 0 aliphatic heterocycles. The predicted molar refractivity (Wildman–Crippen MR) is 71.8 cm³/mol. The molecule has 3 nitrogen and oxygen atoms in total. The minimum absolute atomic E-state index is 0.190. The van der Waals surface area contributed by atoms with Gasteiger partial charge in [-0.15, -0.1) is 0 Å². The summed E-state index contributed by atoms with van der Waals surface area (Å²) >= 11 is 0. The van der Waals surface area contributed by atoms with E-state index in [1.54, 1.807) is 13.4 Å². The zero-order chi connectivity index (χ0) is 13.0. The Hall–Kier alpha value is -1.74. The first-order chi connectivity index (χ1) is 8.69. The Morgan fingerprint density at radius 1 is 1.22 bits per heavy atom. The first-order valence-corrected chi connectivity index (χ1v) is 6.05. The summed E-state index contributed by atoms with van der Waals surface area (Å²) in [6.45, 7) is 2.67. The number of hydrogen-bond acceptors (Lipinski definition) is 3. The molecule has 0 radical (unpaired) electrons. The van der Waals surface area contributed by atoms with Gasteiger partial charge in [0.25, 0.3) is 0 Å². The van der Waals surface area contributed by atoms with E-state index in [1.165, 1.54) is 0 Å². The van der Waals surface area contributed by atoms with Gasteiger partial charge in [0.15, 0.2) is 0 Å². The summed E-state index contributed by atoms with van der Waals surface area (Å²) in [7, 11) is 1.68. The van der Waals surface area contributed by atoms with Crippen molar-refractivity contribution in [2.24, 2.45) is 5.73 Å². The number of benzene rings is 1. The largest absolute Gasteiger partial charge is 0.496 e. The second-order valence-corrected chi connectivity index (χ2v) is 4.72. The van der Waals surface area contributed by atoms with Gasteiger partial charge in [-0.1, -0.05) is 25.1 Å². The lowest BCUT2D eigenvalue weighted by atomic mass is 9.78. The van der Waals surface area contributed by atoms with E-state index >= 15 is 0 Å². The SMILES string of the molecule is COc1ccccc1C(C)(CN)Cc1ccco1. The third kappa shape index (κ3) is 2.41. The van der Waals surface area contributed by atoms with Crippen LogP contribution in [-0.2, 0) is 11.8 Å². The lowest BCUT2D eigenvalue weighted by molar-refractivity contribution is 0.370. The summed E-state index contributed by atoms with van der Waals surface area (Å²) in [6, 6.07) is 11.9. The fourth-order valence-electron chi connectivity index (χ4n) is 2.22. The van der Waals surface area contributed by atoms with Gasteiger partial charge in [0.1, 0.15) is 11.5 Å². The molecule has 1 aromatic carbocycles. The van der Waals surface area contributed by atoms with Crippen molar-refractivity contribution in [3.05, 3.63) is 54.0 Å². The Morgan fingerprint density at radius 3 is 2.61 bits per heavy atom. The van der Waals surface area contributed by atoms with Crippen molar-refractivity contribution in [2.45, 2.75) is 18.8 Å². The van der Waals surface area contributed by atoms with Crippen molar-refractivity contribution in [3.63, 3.8) is 0 Å². The monoisotopic (exact) mass is 245 g/mol. The van der Waals surface area contributed by atoms with Gasteiger partial charge in [0.05, 0.1) is 13.4 Å². The van der Waals surface area contributed by atoms with Gasteiger partial charge < -0.3 is 14.9 Å². The van der Waals surface area contributed by atoms with Crippen molar-refractivity contribution < 1.29 is 9.15 Å². The Bertz CT molecular complexity index is 493. The van der Waals surface area contributed by atoms with Gasteiger partial charge in [0.2, 0.25) is 0 Å². The molecule has 0 saturated carbocycles. The maximum Gasteiger partial charge on any atom is 0.122 e. The van der Waals surface area contributed by atoms with E-state index in [1.807, 2.05) is 30.3 Å². The third-order valence-electron chi connectivity index (χ3n) is 3.35. The molecule has 0 aliphatic carbocycles. The third-order valence-corrected chi connectivity index (χ3v) is 3.35. The summed E-state index contributed by atoms with van der Waals surface area (Å²) in [6.07, 6.45) is 2.45. The molecular weight excluding hydrogens is 226 g/mol. The average Bonchev–Trinajstić information content (AvgIpc) is 2.91. The molecule has 96 valence electrons. The van der Waals surface area contributed by atoms with E-state index < -0.39 is 0 Å². The normalized spacial score (nSPS) is 14.2.